The Balaban J connectivity index is 2.08. The van der Waals surface area contributed by atoms with E-state index in [4.69, 9.17) is 0 Å². The van der Waals surface area contributed by atoms with E-state index in [9.17, 15) is 9.59 Å². The Morgan fingerprint density at radius 3 is 1.54 bits per heavy atom. The van der Waals surface area contributed by atoms with Crippen LogP contribution in [0.4, 0.5) is 0 Å². The highest BCUT2D eigenvalue weighted by Crippen LogP contribution is 2.35. The third kappa shape index (κ3) is 3.01. The van der Waals surface area contributed by atoms with Crippen LogP contribution >= 0.6 is 0 Å². The van der Waals surface area contributed by atoms with Gasteiger partial charge in [0.25, 0.3) is 11.8 Å². The van der Waals surface area contributed by atoms with E-state index in [1.165, 1.54) is 4.90 Å². The number of carbonyl (C=O) groups is 2. The molecule has 0 saturated heterocycles. The Hall–Kier alpha value is -2.72. The molecule has 1 aliphatic heterocycles. The average molecular weight is 320 g/mol. The summed E-state index contributed by atoms with van der Waals surface area (Å²) in [5, 5.41) is 0. The molecule has 0 bridgehead atoms. The van der Waals surface area contributed by atoms with Crippen LogP contribution in [0.15, 0.2) is 60.7 Å². The fourth-order valence-corrected chi connectivity index (χ4v) is 2.82. The number of amides is 2. The SMILES string of the molecule is CN(C)CCN1C(=O)C(c2ccccc2)=C(c2ccccc2)C1=O. The maximum Gasteiger partial charge on any atom is 0.262 e. The molecule has 0 atom stereocenters. The molecule has 0 radical (unpaired) electrons. The van der Waals surface area contributed by atoms with Gasteiger partial charge in [0.1, 0.15) is 0 Å². The Kier molecular flexibility index (Phi) is 4.58. The fraction of sp³-hybridized carbons (Fsp3) is 0.200. The van der Waals surface area contributed by atoms with E-state index in [-0.39, 0.29) is 11.8 Å². The van der Waals surface area contributed by atoms with Crippen LogP contribution in [0.1, 0.15) is 11.1 Å². The lowest BCUT2D eigenvalue weighted by atomic mass is 9.96. The van der Waals surface area contributed by atoms with Crippen molar-refractivity contribution >= 4 is 23.0 Å². The largest absolute Gasteiger partial charge is 0.308 e. The van der Waals surface area contributed by atoms with Crippen molar-refractivity contribution in [2.24, 2.45) is 0 Å². The number of hydrogen-bond donors (Lipinski definition) is 0. The summed E-state index contributed by atoms with van der Waals surface area (Å²) >= 11 is 0. The van der Waals surface area contributed by atoms with Crippen LogP contribution in [-0.2, 0) is 9.59 Å². The number of hydrogen-bond acceptors (Lipinski definition) is 3. The molecular weight excluding hydrogens is 300 g/mol. The van der Waals surface area contributed by atoms with E-state index in [1.54, 1.807) is 0 Å². The normalized spacial score (nSPS) is 14.9. The number of rotatable bonds is 5. The minimum atomic E-state index is -0.216. The minimum Gasteiger partial charge on any atom is -0.308 e. The zero-order chi connectivity index (χ0) is 17.1. The summed E-state index contributed by atoms with van der Waals surface area (Å²) in [5.41, 5.74) is 2.54. The predicted octanol–water partition coefficient (Wildman–Crippen LogP) is 2.53. The number of imide groups is 1. The second-order valence-corrected chi connectivity index (χ2v) is 6.05. The third-order valence-electron chi connectivity index (χ3n) is 4.06. The lowest BCUT2D eigenvalue weighted by molar-refractivity contribution is -0.136. The molecule has 0 unspecified atom stereocenters. The van der Waals surface area contributed by atoms with Gasteiger partial charge in [0, 0.05) is 13.1 Å². The van der Waals surface area contributed by atoms with Crippen molar-refractivity contribution in [3.05, 3.63) is 71.8 Å². The van der Waals surface area contributed by atoms with Crippen LogP contribution in [0.25, 0.3) is 11.1 Å². The molecule has 1 heterocycles. The van der Waals surface area contributed by atoms with Crippen molar-refractivity contribution in [1.29, 1.82) is 0 Å². The van der Waals surface area contributed by atoms with Crippen molar-refractivity contribution < 1.29 is 9.59 Å². The average Bonchev–Trinajstić information content (AvgIpc) is 2.85. The summed E-state index contributed by atoms with van der Waals surface area (Å²) in [6, 6.07) is 18.8. The lowest BCUT2D eigenvalue weighted by Gasteiger charge is -2.18. The number of benzene rings is 2. The molecule has 4 nitrogen and oxygen atoms in total. The molecule has 1 aliphatic rings. The van der Waals surface area contributed by atoms with Gasteiger partial charge in [0.15, 0.2) is 0 Å². The zero-order valence-electron chi connectivity index (χ0n) is 13.9. The highest BCUT2D eigenvalue weighted by Gasteiger charge is 2.39. The predicted molar refractivity (Wildman–Crippen MR) is 95.0 cm³/mol. The molecule has 2 amide bonds. The molecule has 0 aromatic heterocycles. The molecular formula is C20H20N2O2. The molecule has 0 aliphatic carbocycles. The first-order valence-electron chi connectivity index (χ1n) is 7.95. The Bertz CT molecular complexity index is 718. The van der Waals surface area contributed by atoms with E-state index in [1.807, 2.05) is 79.7 Å². The monoisotopic (exact) mass is 320 g/mol. The zero-order valence-corrected chi connectivity index (χ0v) is 13.9. The lowest BCUT2D eigenvalue weighted by Crippen LogP contribution is -2.37. The standard InChI is InChI=1S/C20H20N2O2/c1-21(2)13-14-22-19(23)17(15-9-5-3-6-10-15)18(20(22)24)16-11-7-4-8-12-16/h3-12H,13-14H2,1-2H3. The Morgan fingerprint density at radius 1 is 0.750 bits per heavy atom. The first-order valence-corrected chi connectivity index (χ1v) is 7.95. The summed E-state index contributed by atoms with van der Waals surface area (Å²) in [6.07, 6.45) is 0. The van der Waals surface area contributed by atoms with Crippen LogP contribution < -0.4 is 0 Å². The molecule has 3 rings (SSSR count). The molecule has 2 aromatic rings. The van der Waals surface area contributed by atoms with E-state index < -0.39 is 0 Å². The Labute approximate surface area is 142 Å². The molecule has 24 heavy (non-hydrogen) atoms. The van der Waals surface area contributed by atoms with Gasteiger partial charge in [-0.1, -0.05) is 60.7 Å². The van der Waals surface area contributed by atoms with Crippen LogP contribution in [0.3, 0.4) is 0 Å². The van der Waals surface area contributed by atoms with E-state index >= 15 is 0 Å². The number of likely N-dealkylation sites (N-methyl/N-ethyl adjacent to an activating group) is 1. The molecule has 0 N–H and O–H groups in total. The third-order valence-corrected chi connectivity index (χ3v) is 4.06. The highest BCUT2D eigenvalue weighted by molar-refractivity contribution is 6.48. The molecule has 2 aromatic carbocycles. The van der Waals surface area contributed by atoms with E-state index in [2.05, 4.69) is 0 Å². The van der Waals surface area contributed by atoms with Crippen molar-refractivity contribution in [2.75, 3.05) is 27.2 Å². The van der Waals surface area contributed by atoms with Gasteiger partial charge in [-0.3, -0.25) is 14.5 Å². The minimum absolute atomic E-state index is 0.216. The van der Waals surface area contributed by atoms with Gasteiger partial charge in [0.2, 0.25) is 0 Å². The van der Waals surface area contributed by atoms with Gasteiger partial charge in [0.05, 0.1) is 11.1 Å². The first kappa shape index (κ1) is 16.1. The topological polar surface area (TPSA) is 40.6 Å². The Morgan fingerprint density at radius 2 is 1.17 bits per heavy atom. The quantitative estimate of drug-likeness (QED) is 0.795. The summed E-state index contributed by atoms with van der Waals surface area (Å²) in [4.78, 5) is 29.2. The van der Waals surface area contributed by atoms with Crippen LogP contribution in [0.2, 0.25) is 0 Å². The van der Waals surface area contributed by atoms with Crippen LogP contribution in [-0.4, -0.2) is 48.8 Å². The number of nitrogens with zero attached hydrogens (tertiary/aromatic N) is 2. The maximum absolute atomic E-state index is 12.9. The van der Waals surface area contributed by atoms with Gasteiger partial charge < -0.3 is 4.90 Å². The van der Waals surface area contributed by atoms with E-state index in [0.717, 1.165) is 11.1 Å². The van der Waals surface area contributed by atoms with Crippen molar-refractivity contribution in [3.8, 4) is 0 Å². The molecule has 122 valence electrons. The second kappa shape index (κ2) is 6.81. The maximum atomic E-state index is 12.9. The van der Waals surface area contributed by atoms with Gasteiger partial charge in [-0.25, -0.2) is 0 Å². The highest BCUT2D eigenvalue weighted by atomic mass is 16.2. The van der Waals surface area contributed by atoms with Gasteiger partial charge in [-0.2, -0.15) is 0 Å². The van der Waals surface area contributed by atoms with Crippen molar-refractivity contribution in [1.82, 2.24) is 9.80 Å². The molecule has 0 fully saturated rings. The number of carbonyl (C=O) groups excluding carboxylic acids is 2. The van der Waals surface area contributed by atoms with Gasteiger partial charge in [-0.15, -0.1) is 0 Å². The second-order valence-electron chi connectivity index (χ2n) is 6.05. The summed E-state index contributed by atoms with van der Waals surface area (Å²) < 4.78 is 0. The fourth-order valence-electron chi connectivity index (χ4n) is 2.82. The molecule has 4 heteroatoms. The molecule has 0 saturated carbocycles. The molecule has 0 spiro atoms. The summed E-state index contributed by atoms with van der Waals surface area (Å²) in [7, 11) is 3.85. The summed E-state index contributed by atoms with van der Waals surface area (Å²) in [6.45, 7) is 1.03. The first-order chi connectivity index (χ1) is 11.6. The van der Waals surface area contributed by atoms with Crippen LogP contribution in [0, 0.1) is 0 Å². The van der Waals surface area contributed by atoms with Gasteiger partial charge >= 0.3 is 0 Å². The van der Waals surface area contributed by atoms with E-state index in [0.29, 0.717) is 24.2 Å². The van der Waals surface area contributed by atoms with Crippen molar-refractivity contribution in [2.45, 2.75) is 0 Å². The van der Waals surface area contributed by atoms with Gasteiger partial charge in [-0.05, 0) is 25.2 Å². The van der Waals surface area contributed by atoms with Crippen LogP contribution in [0.5, 0.6) is 0 Å². The van der Waals surface area contributed by atoms with Crippen molar-refractivity contribution in [3.63, 3.8) is 0 Å². The summed E-state index contributed by atoms with van der Waals surface area (Å²) in [5.74, 6) is -0.432. The smallest absolute Gasteiger partial charge is 0.262 e.